The predicted molar refractivity (Wildman–Crippen MR) is 56.3 cm³/mol. The lowest BCUT2D eigenvalue weighted by Gasteiger charge is -1.95. The Bertz CT molecular complexity index is 409. The molecule has 0 atom stereocenters. The molecule has 0 heterocycles. The third-order valence-electron chi connectivity index (χ3n) is 1.32. The number of nitriles is 1. The van der Waals surface area contributed by atoms with Crippen LogP contribution in [0.25, 0.3) is 0 Å². The lowest BCUT2D eigenvalue weighted by molar-refractivity contribution is 1.39. The van der Waals surface area contributed by atoms with Crippen LogP contribution in [0.4, 0.5) is 0 Å². The summed E-state index contributed by atoms with van der Waals surface area (Å²) < 4.78 is 0.929. The van der Waals surface area contributed by atoms with Crippen molar-refractivity contribution in [3.05, 3.63) is 33.3 Å². The van der Waals surface area contributed by atoms with Crippen molar-refractivity contribution < 1.29 is 0 Å². The fourth-order valence-electron chi connectivity index (χ4n) is 0.772. The molecule has 0 radical (unpaired) electrons. The van der Waals surface area contributed by atoms with Gasteiger partial charge in [0.1, 0.15) is 0 Å². The Morgan fingerprint density at radius 3 is 2.92 bits per heavy atom. The number of nitrogens with zero attached hydrogens (tertiary/aromatic N) is 1. The second-order valence-electron chi connectivity index (χ2n) is 2.26. The maximum atomic E-state index is 8.27. The summed E-state index contributed by atoms with van der Waals surface area (Å²) in [4.78, 5) is 0. The molecule has 0 unspecified atom stereocenters. The zero-order chi connectivity index (χ0) is 9.68. The summed E-state index contributed by atoms with van der Waals surface area (Å²) in [5, 5.41) is 8.88. The molecule has 0 spiro atoms. The van der Waals surface area contributed by atoms with Crippen LogP contribution in [0.3, 0.4) is 0 Å². The van der Waals surface area contributed by atoms with E-state index in [2.05, 4.69) is 27.8 Å². The van der Waals surface area contributed by atoms with Crippen LogP contribution in [0, 0.1) is 23.2 Å². The third-order valence-corrected chi connectivity index (χ3v) is 2.14. The van der Waals surface area contributed by atoms with Gasteiger partial charge in [0.15, 0.2) is 0 Å². The van der Waals surface area contributed by atoms with Gasteiger partial charge in [0, 0.05) is 10.0 Å². The lowest BCUT2D eigenvalue weighted by atomic mass is 10.2. The van der Waals surface area contributed by atoms with Gasteiger partial charge < -0.3 is 0 Å². The second-order valence-corrected chi connectivity index (χ2v) is 3.58. The molecule has 0 N–H and O–H groups in total. The molecule has 0 bridgehead atoms. The van der Waals surface area contributed by atoms with Gasteiger partial charge in [-0.1, -0.05) is 39.4 Å². The normalized spacial score (nSPS) is 8.38. The first kappa shape index (κ1) is 10.1. The largest absolute Gasteiger partial charge is 0.197 e. The van der Waals surface area contributed by atoms with Crippen LogP contribution in [0.15, 0.2) is 22.7 Å². The van der Waals surface area contributed by atoms with Crippen LogP contribution in [-0.2, 0) is 0 Å². The molecule has 0 aliphatic rings. The molecule has 0 fully saturated rings. The van der Waals surface area contributed by atoms with E-state index in [0.717, 1.165) is 10.0 Å². The summed E-state index contributed by atoms with van der Waals surface area (Å²) in [6, 6.07) is 7.38. The topological polar surface area (TPSA) is 23.8 Å². The fraction of sp³-hybridized carbons (Fsp3) is 0.100. The van der Waals surface area contributed by atoms with Gasteiger partial charge in [0.05, 0.1) is 17.5 Å². The number of halogens is 2. The summed E-state index contributed by atoms with van der Waals surface area (Å²) in [6.07, 6.45) is 0.225. The van der Waals surface area contributed by atoms with Crippen LogP contribution in [0.2, 0.25) is 5.02 Å². The van der Waals surface area contributed by atoms with E-state index in [-0.39, 0.29) is 6.42 Å². The lowest BCUT2D eigenvalue weighted by Crippen LogP contribution is -1.76. The SMILES string of the molecule is N#CCC#Cc1cc(Br)ccc1Cl. The quantitative estimate of drug-likeness (QED) is 0.651. The van der Waals surface area contributed by atoms with E-state index in [9.17, 15) is 0 Å². The Morgan fingerprint density at radius 1 is 1.46 bits per heavy atom. The van der Waals surface area contributed by atoms with Crippen molar-refractivity contribution in [1.82, 2.24) is 0 Å². The summed E-state index contributed by atoms with van der Waals surface area (Å²) >= 11 is 9.18. The molecule has 0 saturated heterocycles. The van der Waals surface area contributed by atoms with E-state index >= 15 is 0 Å². The first-order valence-corrected chi connectivity index (χ1v) is 4.72. The van der Waals surface area contributed by atoms with Gasteiger partial charge in [-0.05, 0) is 18.2 Å². The van der Waals surface area contributed by atoms with Crippen molar-refractivity contribution in [2.75, 3.05) is 0 Å². The van der Waals surface area contributed by atoms with Crippen molar-refractivity contribution >= 4 is 27.5 Å². The molecule has 1 aromatic carbocycles. The first-order valence-electron chi connectivity index (χ1n) is 3.55. The minimum atomic E-state index is 0.225. The monoisotopic (exact) mass is 253 g/mol. The van der Waals surface area contributed by atoms with Crippen molar-refractivity contribution in [2.45, 2.75) is 6.42 Å². The molecule has 1 aromatic rings. The molecule has 0 aliphatic carbocycles. The Hall–Kier alpha value is -0.960. The van der Waals surface area contributed by atoms with E-state index in [1.165, 1.54) is 0 Å². The minimum Gasteiger partial charge on any atom is -0.197 e. The summed E-state index contributed by atoms with van der Waals surface area (Å²) in [7, 11) is 0. The molecule has 0 saturated carbocycles. The van der Waals surface area contributed by atoms with Crippen molar-refractivity contribution in [3.8, 4) is 17.9 Å². The predicted octanol–water partition coefficient (Wildman–Crippen LogP) is 3.37. The van der Waals surface area contributed by atoms with Crippen molar-refractivity contribution in [3.63, 3.8) is 0 Å². The molecular weight excluding hydrogens is 249 g/mol. The molecular formula is C10H5BrClN. The molecule has 3 heteroatoms. The zero-order valence-corrected chi connectivity index (χ0v) is 8.98. The highest BCUT2D eigenvalue weighted by molar-refractivity contribution is 9.10. The molecule has 0 aromatic heterocycles. The highest BCUT2D eigenvalue weighted by Gasteiger charge is 1.96. The highest BCUT2D eigenvalue weighted by atomic mass is 79.9. The van der Waals surface area contributed by atoms with Gasteiger partial charge in [-0.15, -0.1) is 0 Å². The molecule has 13 heavy (non-hydrogen) atoms. The van der Waals surface area contributed by atoms with Gasteiger partial charge in [-0.2, -0.15) is 5.26 Å². The van der Waals surface area contributed by atoms with Gasteiger partial charge in [0.2, 0.25) is 0 Å². The standard InChI is InChI=1S/C10H5BrClN/c11-9-4-5-10(12)8(7-9)3-1-2-6-13/h4-5,7H,2H2. The van der Waals surface area contributed by atoms with E-state index in [1.807, 2.05) is 18.2 Å². The van der Waals surface area contributed by atoms with Crippen molar-refractivity contribution in [1.29, 1.82) is 5.26 Å². The minimum absolute atomic E-state index is 0.225. The van der Waals surface area contributed by atoms with Crippen LogP contribution in [-0.4, -0.2) is 0 Å². The Kier molecular flexibility index (Phi) is 3.83. The molecule has 1 nitrogen and oxygen atoms in total. The van der Waals surface area contributed by atoms with Gasteiger partial charge >= 0.3 is 0 Å². The number of benzene rings is 1. The number of hydrogen-bond donors (Lipinski definition) is 0. The van der Waals surface area contributed by atoms with Gasteiger partial charge in [0.25, 0.3) is 0 Å². The highest BCUT2D eigenvalue weighted by Crippen LogP contribution is 2.19. The Morgan fingerprint density at radius 2 is 2.23 bits per heavy atom. The maximum Gasteiger partial charge on any atom is 0.0966 e. The van der Waals surface area contributed by atoms with E-state index < -0.39 is 0 Å². The third kappa shape index (κ3) is 3.11. The van der Waals surface area contributed by atoms with E-state index in [1.54, 1.807) is 6.07 Å². The summed E-state index contributed by atoms with van der Waals surface area (Å²) in [5.41, 5.74) is 0.742. The molecule has 0 amide bonds. The first-order chi connectivity index (χ1) is 6.24. The summed E-state index contributed by atoms with van der Waals surface area (Å²) in [5.74, 6) is 5.52. The number of rotatable bonds is 0. The second kappa shape index (κ2) is 4.92. The number of hydrogen-bond acceptors (Lipinski definition) is 1. The molecule has 64 valence electrons. The Balaban J connectivity index is 2.97. The molecule has 0 aliphatic heterocycles. The fourth-order valence-corrected chi connectivity index (χ4v) is 1.30. The van der Waals surface area contributed by atoms with Crippen LogP contribution < -0.4 is 0 Å². The van der Waals surface area contributed by atoms with Crippen LogP contribution in [0.1, 0.15) is 12.0 Å². The average molecular weight is 255 g/mol. The van der Waals surface area contributed by atoms with E-state index in [4.69, 9.17) is 16.9 Å². The zero-order valence-electron chi connectivity index (χ0n) is 6.64. The van der Waals surface area contributed by atoms with Crippen LogP contribution >= 0.6 is 27.5 Å². The smallest absolute Gasteiger partial charge is 0.0966 e. The van der Waals surface area contributed by atoms with Crippen LogP contribution in [0.5, 0.6) is 0 Å². The maximum absolute atomic E-state index is 8.27. The van der Waals surface area contributed by atoms with Gasteiger partial charge in [-0.3, -0.25) is 0 Å². The van der Waals surface area contributed by atoms with Gasteiger partial charge in [-0.25, -0.2) is 0 Å². The summed E-state index contributed by atoms with van der Waals surface area (Å²) in [6.45, 7) is 0. The van der Waals surface area contributed by atoms with Crippen molar-refractivity contribution in [2.24, 2.45) is 0 Å². The Labute approximate surface area is 90.5 Å². The molecule has 1 rings (SSSR count). The average Bonchev–Trinajstić information content (AvgIpc) is 2.11. The van der Waals surface area contributed by atoms with E-state index in [0.29, 0.717) is 5.02 Å².